The van der Waals surface area contributed by atoms with E-state index in [2.05, 4.69) is 0 Å². The number of pyridine rings is 1. The van der Waals surface area contributed by atoms with Crippen molar-refractivity contribution in [1.29, 1.82) is 0 Å². The predicted molar refractivity (Wildman–Crippen MR) is 55.3 cm³/mol. The highest BCUT2D eigenvalue weighted by atomic mass is 16.4. The molecule has 1 N–H and O–H groups in total. The predicted octanol–water partition coefficient (Wildman–Crippen LogP) is 1.36. The van der Waals surface area contributed by atoms with Crippen LogP contribution in [0.1, 0.15) is 35.8 Å². The van der Waals surface area contributed by atoms with E-state index in [-0.39, 0.29) is 16.7 Å². The molecular weight excluding hydrogens is 194 g/mol. The van der Waals surface area contributed by atoms with Crippen LogP contribution in [0.15, 0.2) is 16.9 Å². The molecule has 4 heteroatoms. The Morgan fingerprint density at radius 2 is 2.07 bits per heavy atom. The lowest BCUT2D eigenvalue weighted by Crippen LogP contribution is -2.31. The minimum atomic E-state index is -0.981. The smallest absolute Gasteiger partial charge is 0.337 e. The summed E-state index contributed by atoms with van der Waals surface area (Å²) in [6.45, 7) is 3.67. The minimum Gasteiger partial charge on any atom is -0.478 e. The van der Waals surface area contributed by atoms with Gasteiger partial charge in [-0.1, -0.05) is 0 Å². The highest BCUT2D eigenvalue weighted by molar-refractivity contribution is 5.88. The summed E-state index contributed by atoms with van der Waals surface area (Å²) in [5.41, 5.74) is 0.488. The van der Waals surface area contributed by atoms with Crippen molar-refractivity contribution in [3.05, 3.63) is 33.7 Å². The molecule has 0 bridgehead atoms. The summed E-state index contributed by atoms with van der Waals surface area (Å²) in [5.74, 6) is -0.981. The first-order valence-corrected chi connectivity index (χ1v) is 4.92. The van der Waals surface area contributed by atoms with Crippen LogP contribution < -0.4 is 5.56 Å². The standard InChI is InChI=1S/C11H13NO3/c1-7-8(10(14)15)3-4-9(13)12(7)11(2)5-6-11/h3-4H,5-6H2,1-2H3,(H,14,15). The van der Waals surface area contributed by atoms with Crippen molar-refractivity contribution in [1.82, 2.24) is 4.57 Å². The minimum absolute atomic E-state index is 0.113. The number of nitrogens with zero attached hydrogens (tertiary/aromatic N) is 1. The number of aromatic carboxylic acids is 1. The molecule has 80 valence electrons. The van der Waals surface area contributed by atoms with Crippen LogP contribution in [-0.2, 0) is 5.54 Å². The monoisotopic (exact) mass is 207 g/mol. The molecule has 0 spiro atoms. The second-order valence-corrected chi connectivity index (χ2v) is 4.31. The van der Waals surface area contributed by atoms with Gasteiger partial charge in [0.05, 0.1) is 5.56 Å². The lowest BCUT2D eigenvalue weighted by molar-refractivity contribution is 0.0694. The Balaban J connectivity index is 2.68. The Hall–Kier alpha value is -1.58. The second kappa shape index (κ2) is 2.95. The Morgan fingerprint density at radius 3 is 2.53 bits per heavy atom. The molecule has 0 unspecified atom stereocenters. The summed E-state index contributed by atoms with van der Waals surface area (Å²) in [4.78, 5) is 22.6. The van der Waals surface area contributed by atoms with Crippen molar-refractivity contribution in [3.8, 4) is 0 Å². The zero-order valence-corrected chi connectivity index (χ0v) is 8.78. The quantitative estimate of drug-likeness (QED) is 0.796. The first-order chi connectivity index (χ1) is 6.96. The van der Waals surface area contributed by atoms with Crippen LogP contribution in [0.5, 0.6) is 0 Å². The molecule has 0 radical (unpaired) electrons. The summed E-state index contributed by atoms with van der Waals surface area (Å²) < 4.78 is 1.61. The van der Waals surface area contributed by atoms with Crippen molar-refractivity contribution in [2.45, 2.75) is 32.2 Å². The number of carboxylic acid groups (broad SMARTS) is 1. The van der Waals surface area contributed by atoms with Gasteiger partial charge >= 0.3 is 5.97 Å². The lowest BCUT2D eigenvalue weighted by Gasteiger charge is -2.17. The fraction of sp³-hybridized carbons (Fsp3) is 0.455. The third-order valence-electron chi connectivity index (χ3n) is 3.08. The molecule has 1 fully saturated rings. The maximum absolute atomic E-state index is 11.7. The molecule has 1 aliphatic carbocycles. The lowest BCUT2D eigenvalue weighted by atomic mass is 10.1. The molecule has 4 nitrogen and oxygen atoms in total. The molecule has 0 amide bonds. The SMILES string of the molecule is Cc1c(C(=O)O)ccc(=O)n1C1(C)CC1. The van der Waals surface area contributed by atoms with E-state index in [0.29, 0.717) is 5.69 Å². The molecule has 2 rings (SSSR count). The number of hydrogen-bond donors (Lipinski definition) is 1. The highest BCUT2D eigenvalue weighted by Gasteiger charge is 2.41. The van der Waals surface area contributed by atoms with Gasteiger partial charge in [-0.2, -0.15) is 0 Å². The fourth-order valence-electron chi connectivity index (χ4n) is 1.94. The number of rotatable bonds is 2. The normalized spacial score (nSPS) is 17.5. The van der Waals surface area contributed by atoms with Crippen LogP contribution in [0.4, 0.5) is 0 Å². The molecule has 1 aliphatic rings. The number of hydrogen-bond acceptors (Lipinski definition) is 2. The number of aromatic nitrogens is 1. The van der Waals surface area contributed by atoms with Gasteiger partial charge in [0, 0.05) is 17.3 Å². The van der Waals surface area contributed by atoms with E-state index in [1.165, 1.54) is 12.1 Å². The van der Waals surface area contributed by atoms with Gasteiger partial charge in [0.1, 0.15) is 0 Å². The third-order valence-corrected chi connectivity index (χ3v) is 3.08. The first-order valence-electron chi connectivity index (χ1n) is 4.92. The van der Waals surface area contributed by atoms with Crippen molar-refractivity contribution in [2.75, 3.05) is 0 Å². The van der Waals surface area contributed by atoms with Gasteiger partial charge < -0.3 is 9.67 Å². The molecule has 0 aliphatic heterocycles. The second-order valence-electron chi connectivity index (χ2n) is 4.31. The van der Waals surface area contributed by atoms with E-state index in [1.807, 2.05) is 6.92 Å². The topological polar surface area (TPSA) is 59.3 Å². The van der Waals surface area contributed by atoms with Gasteiger partial charge in [0.2, 0.25) is 0 Å². The maximum Gasteiger partial charge on any atom is 0.337 e. The van der Waals surface area contributed by atoms with Gasteiger partial charge in [-0.25, -0.2) is 4.79 Å². The van der Waals surface area contributed by atoms with Crippen LogP contribution in [0.2, 0.25) is 0 Å². The number of carboxylic acids is 1. The molecule has 0 aromatic carbocycles. The molecule has 1 saturated carbocycles. The van der Waals surface area contributed by atoms with Crippen molar-refractivity contribution < 1.29 is 9.90 Å². The van der Waals surface area contributed by atoms with Crippen molar-refractivity contribution in [3.63, 3.8) is 0 Å². The summed E-state index contributed by atoms with van der Waals surface area (Å²) in [6, 6.07) is 2.71. The van der Waals surface area contributed by atoms with E-state index in [9.17, 15) is 9.59 Å². The zero-order chi connectivity index (χ0) is 11.2. The Bertz CT molecular complexity index is 483. The molecule has 1 aromatic heterocycles. The van der Waals surface area contributed by atoms with Crippen molar-refractivity contribution >= 4 is 5.97 Å². The third kappa shape index (κ3) is 1.46. The Kier molecular flexibility index (Phi) is 1.96. The van der Waals surface area contributed by atoms with Crippen LogP contribution in [0.3, 0.4) is 0 Å². The van der Waals surface area contributed by atoms with E-state index >= 15 is 0 Å². The first kappa shape index (κ1) is 9.96. The average Bonchev–Trinajstić information content (AvgIpc) is 2.83. The average molecular weight is 207 g/mol. The van der Waals surface area contributed by atoms with Crippen LogP contribution in [0, 0.1) is 6.92 Å². The van der Waals surface area contributed by atoms with E-state index in [4.69, 9.17) is 5.11 Å². The van der Waals surface area contributed by atoms with Crippen LogP contribution in [0.25, 0.3) is 0 Å². The van der Waals surface area contributed by atoms with Crippen LogP contribution in [-0.4, -0.2) is 15.6 Å². The van der Waals surface area contributed by atoms with E-state index in [0.717, 1.165) is 12.8 Å². The van der Waals surface area contributed by atoms with Gasteiger partial charge in [-0.3, -0.25) is 4.79 Å². The van der Waals surface area contributed by atoms with E-state index < -0.39 is 5.97 Å². The summed E-state index contributed by atoms with van der Waals surface area (Å²) in [7, 11) is 0. The molecular formula is C11H13NO3. The van der Waals surface area contributed by atoms with Gasteiger partial charge in [-0.15, -0.1) is 0 Å². The Labute approximate surface area is 87.2 Å². The summed E-state index contributed by atoms with van der Waals surface area (Å²) >= 11 is 0. The molecule has 15 heavy (non-hydrogen) atoms. The van der Waals surface area contributed by atoms with E-state index in [1.54, 1.807) is 11.5 Å². The highest BCUT2D eigenvalue weighted by Crippen LogP contribution is 2.42. The zero-order valence-electron chi connectivity index (χ0n) is 8.78. The molecule has 1 heterocycles. The number of carbonyl (C=O) groups is 1. The fourth-order valence-corrected chi connectivity index (χ4v) is 1.94. The van der Waals surface area contributed by atoms with Gasteiger partial charge in [0.15, 0.2) is 0 Å². The van der Waals surface area contributed by atoms with Crippen LogP contribution >= 0.6 is 0 Å². The maximum atomic E-state index is 11.7. The van der Waals surface area contributed by atoms with Crippen molar-refractivity contribution in [2.24, 2.45) is 0 Å². The molecule has 1 aromatic rings. The Morgan fingerprint density at radius 1 is 1.47 bits per heavy atom. The largest absolute Gasteiger partial charge is 0.478 e. The molecule has 0 saturated heterocycles. The summed E-state index contributed by atoms with van der Waals surface area (Å²) in [6.07, 6.45) is 1.88. The van der Waals surface area contributed by atoms with Gasteiger partial charge in [-0.05, 0) is 32.8 Å². The summed E-state index contributed by atoms with van der Waals surface area (Å²) in [5, 5.41) is 8.95. The van der Waals surface area contributed by atoms with Gasteiger partial charge in [0.25, 0.3) is 5.56 Å². The molecule has 0 atom stereocenters.